The Bertz CT molecular complexity index is 1370. The smallest absolute Gasteiger partial charge is 0.324 e. The zero-order chi connectivity index (χ0) is 23.0. The average molecular weight is 457 g/mol. The summed E-state index contributed by atoms with van der Waals surface area (Å²) in [5.41, 5.74) is 12.8. The zero-order valence-electron chi connectivity index (χ0n) is 18.9. The first kappa shape index (κ1) is 19.9. The first-order valence-corrected chi connectivity index (χ1v) is 11.8. The molecule has 7 nitrogen and oxygen atoms in total. The van der Waals surface area contributed by atoms with Crippen LogP contribution in [-0.2, 0) is 12.8 Å². The zero-order valence-corrected chi connectivity index (χ0v) is 18.9. The second kappa shape index (κ2) is 7.24. The van der Waals surface area contributed by atoms with Crippen LogP contribution in [0.5, 0.6) is 11.8 Å². The van der Waals surface area contributed by atoms with Gasteiger partial charge in [0.2, 0.25) is 0 Å². The Morgan fingerprint density at radius 2 is 2.12 bits per heavy atom. The van der Waals surface area contributed by atoms with Gasteiger partial charge < -0.3 is 20.7 Å². The van der Waals surface area contributed by atoms with E-state index in [4.69, 9.17) is 20.4 Å². The van der Waals surface area contributed by atoms with Crippen LogP contribution in [0.15, 0.2) is 30.5 Å². The third kappa shape index (κ3) is 2.94. The topological polar surface area (TPSA) is 89.2 Å². The van der Waals surface area contributed by atoms with Crippen molar-refractivity contribution in [2.24, 2.45) is 17.6 Å². The summed E-state index contributed by atoms with van der Waals surface area (Å²) in [6, 6.07) is 5.67. The second-order valence-electron chi connectivity index (χ2n) is 9.71. The van der Waals surface area contributed by atoms with E-state index in [0.29, 0.717) is 30.0 Å². The maximum absolute atomic E-state index is 14.5. The first-order valence-electron chi connectivity index (χ1n) is 11.8. The predicted octanol–water partition coefficient (Wildman–Crippen LogP) is 3.77. The van der Waals surface area contributed by atoms with Crippen LogP contribution in [-0.4, -0.2) is 41.1 Å². The average Bonchev–Trinajstić information content (AvgIpc) is 3.52. The summed E-state index contributed by atoms with van der Waals surface area (Å²) in [7, 11) is 1.81. The van der Waals surface area contributed by atoms with Crippen molar-refractivity contribution in [3.63, 3.8) is 0 Å². The van der Waals surface area contributed by atoms with E-state index in [1.54, 1.807) is 12.3 Å². The molecule has 1 saturated carbocycles. The van der Waals surface area contributed by atoms with Gasteiger partial charge >= 0.3 is 6.01 Å². The Kier molecular flexibility index (Phi) is 4.24. The fraction of sp³-hybridized carbons (Fsp3) is 0.346. The molecule has 172 valence electrons. The van der Waals surface area contributed by atoms with Crippen molar-refractivity contribution in [3.05, 3.63) is 58.8 Å². The number of rotatable bonds is 4. The Morgan fingerprint density at radius 3 is 2.94 bits per heavy atom. The minimum absolute atomic E-state index is 0.243. The number of ether oxygens (including phenoxy) is 1. The van der Waals surface area contributed by atoms with Gasteiger partial charge in [0.1, 0.15) is 17.4 Å². The van der Waals surface area contributed by atoms with Gasteiger partial charge in [-0.25, -0.2) is 4.39 Å². The van der Waals surface area contributed by atoms with Crippen molar-refractivity contribution in [3.8, 4) is 22.9 Å². The highest BCUT2D eigenvalue weighted by Gasteiger charge is 2.46. The molecular weight excluding hydrogens is 431 g/mol. The molecule has 1 saturated heterocycles. The van der Waals surface area contributed by atoms with E-state index in [-0.39, 0.29) is 11.9 Å². The Balaban J connectivity index is 1.32. The van der Waals surface area contributed by atoms with Crippen LogP contribution in [0.2, 0.25) is 0 Å². The number of hydrogen-bond acceptors (Lipinski definition) is 7. The summed E-state index contributed by atoms with van der Waals surface area (Å²) in [5, 5.41) is 3.14. The minimum atomic E-state index is -0.274. The summed E-state index contributed by atoms with van der Waals surface area (Å²) in [6.07, 6.45) is 8.31. The van der Waals surface area contributed by atoms with Gasteiger partial charge in [-0.1, -0.05) is 6.08 Å². The molecule has 34 heavy (non-hydrogen) atoms. The summed E-state index contributed by atoms with van der Waals surface area (Å²) < 4.78 is 20.7. The number of nitrogens with zero attached hydrogens (tertiary/aromatic N) is 4. The van der Waals surface area contributed by atoms with Crippen LogP contribution in [0.3, 0.4) is 0 Å². The van der Waals surface area contributed by atoms with Gasteiger partial charge in [0.25, 0.3) is 0 Å². The molecule has 2 fully saturated rings. The molecule has 1 aliphatic heterocycles. The molecule has 3 unspecified atom stereocenters. The molecule has 0 spiro atoms. The highest BCUT2D eigenvalue weighted by Crippen LogP contribution is 2.48. The van der Waals surface area contributed by atoms with Gasteiger partial charge in [0, 0.05) is 43.9 Å². The van der Waals surface area contributed by atoms with Crippen molar-refractivity contribution >= 4 is 17.6 Å². The molecule has 3 aromatic rings. The van der Waals surface area contributed by atoms with Gasteiger partial charge in [-0.15, -0.1) is 0 Å². The van der Waals surface area contributed by atoms with E-state index in [0.717, 1.165) is 71.1 Å². The summed E-state index contributed by atoms with van der Waals surface area (Å²) >= 11 is 0. The third-order valence-electron chi connectivity index (χ3n) is 7.76. The van der Waals surface area contributed by atoms with E-state index >= 15 is 0 Å². The van der Waals surface area contributed by atoms with E-state index in [2.05, 4.69) is 21.3 Å². The van der Waals surface area contributed by atoms with Crippen LogP contribution >= 0.6 is 0 Å². The van der Waals surface area contributed by atoms with Crippen molar-refractivity contribution in [2.45, 2.75) is 25.3 Å². The number of aromatic nitrogens is 3. The summed E-state index contributed by atoms with van der Waals surface area (Å²) in [4.78, 5) is 16.4. The highest BCUT2D eigenvalue weighted by molar-refractivity contribution is 5.88. The lowest BCUT2D eigenvalue weighted by molar-refractivity contribution is 0.194. The lowest BCUT2D eigenvalue weighted by Gasteiger charge is -2.36. The van der Waals surface area contributed by atoms with Crippen LogP contribution < -0.4 is 20.7 Å². The Morgan fingerprint density at radius 1 is 1.21 bits per heavy atom. The van der Waals surface area contributed by atoms with E-state index < -0.39 is 0 Å². The number of benzene rings is 1. The van der Waals surface area contributed by atoms with Crippen LogP contribution in [0.4, 0.5) is 15.9 Å². The van der Waals surface area contributed by atoms with Crippen LogP contribution in [0.25, 0.3) is 17.2 Å². The molecule has 3 heterocycles. The standard InChI is InChI=1S/C26H25FN6O/c1-29-22-8-15(27)7-18-17(22)9-23-24(18)25(33-11-14-6-20(28)19(14)12-33)32-26(31-23)34-16-5-13-3-2-4-21(13)30-10-16/h2,4-5,7-8,10,14,19-20,29H,3,6,9,11-12,28H2,1H3. The van der Waals surface area contributed by atoms with E-state index in [9.17, 15) is 4.39 Å². The fourth-order valence-corrected chi connectivity index (χ4v) is 5.99. The van der Waals surface area contributed by atoms with E-state index in [1.807, 2.05) is 19.2 Å². The molecule has 3 N–H and O–H groups in total. The van der Waals surface area contributed by atoms with Crippen molar-refractivity contribution in [2.75, 3.05) is 30.4 Å². The largest absolute Gasteiger partial charge is 0.423 e. The van der Waals surface area contributed by atoms with E-state index in [1.165, 1.54) is 6.07 Å². The first-order chi connectivity index (χ1) is 16.6. The van der Waals surface area contributed by atoms with Gasteiger partial charge in [0.05, 0.1) is 17.6 Å². The number of nitrogens with one attached hydrogen (secondary N) is 1. The number of hydrogen-bond donors (Lipinski definition) is 2. The molecule has 0 radical (unpaired) electrons. The maximum atomic E-state index is 14.5. The van der Waals surface area contributed by atoms with Gasteiger partial charge in [0.15, 0.2) is 0 Å². The molecule has 8 heteroatoms. The third-order valence-corrected chi connectivity index (χ3v) is 7.76. The normalized spacial score (nSPS) is 23.3. The monoisotopic (exact) mass is 456 g/mol. The molecule has 0 bridgehead atoms. The molecule has 4 aliphatic rings. The lowest BCUT2D eigenvalue weighted by Crippen LogP contribution is -2.46. The van der Waals surface area contributed by atoms with Gasteiger partial charge in [-0.2, -0.15) is 9.97 Å². The highest BCUT2D eigenvalue weighted by atomic mass is 19.1. The summed E-state index contributed by atoms with van der Waals surface area (Å²) in [6.45, 7) is 1.75. The molecule has 2 aromatic heterocycles. The molecule has 3 atom stereocenters. The predicted molar refractivity (Wildman–Crippen MR) is 129 cm³/mol. The molecule has 0 amide bonds. The van der Waals surface area contributed by atoms with Crippen LogP contribution in [0, 0.1) is 17.7 Å². The van der Waals surface area contributed by atoms with Gasteiger partial charge in [-0.05, 0) is 65.6 Å². The SMILES string of the molecule is CNc1cc(F)cc2c1Cc1nc(Oc3cnc4c(c3)CC=C4)nc(N3CC4CC(N)C4C3)c1-2. The van der Waals surface area contributed by atoms with Crippen LogP contribution in [0.1, 0.15) is 28.9 Å². The van der Waals surface area contributed by atoms with Crippen molar-refractivity contribution in [1.29, 1.82) is 0 Å². The van der Waals surface area contributed by atoms with Gasteiger partial charge in [-0.3, -0.25) is 4.98 Å². The summed E-state index contributed by atoms with van der Waals surface area (Å²) in [5.74, 6) is 2.21. The second-order valence-corrected chi connectivity index (χ2v) is 9.71. The molecule has 7 rings (SSSR count). The number of fused-ring (bicyclic) bond motifs is 5. The lowest BCUT2D eigenvalue weighted by atomic mass is 9.72. The van der Waals surface area contributed by atoms with Crippen molar-refractivity contribution in [1.82, 2.24) is 15.0 Å². The molecule has 3 aliphatic carbocycles. The van der Waals surface area contributed by atoms with Crippen molar-refractivity contribution < 1.29 is 9.13 Å². The Labute approximate surface area is 196 Å². The molecular formula is C26H25FN6O. The number of halogens is 1. The minimum Gasteiger partial charge on any atom is -0.423 e. The number of allylic oxidation sites excluding steroid dienone is 1. The fourth-order valence-electron chi connectivity index (χ4n) is 5.99. The quantitative estimate of drug-likeness (QED) is 0.483. The Hall–Kier alpha value is -3.52. The maximum Gasteiger partial charge on any atom is 0.324 e. The molecule has 1 aromatic carbocycles. The number of pyridine rings is 1. The number of nitrogens with two attached hydrogens (primary N) is 1. The number of anilines is 2.